The van der Waals surface area contributed by atoms with Gasteiger partial charge in [0.15, 0.2) is 0 Å². The van der Waals surface area contributed by atoms with E-state index in [0.29, 0.717) is 17.7 Å². The van der Waals surface area contributed by atoms with Crippen LogP contribution in [0.1, 0.15) is 51.3 Å². The fourth-order valence-electron chi connectivity index (χ4n) is 2.38. The highest BCUT2D eigenvalue weighted by Gasteiger charge is 2.16. The minimum atomic E-state index is 0.170. The molecule has 0 aliphatic heterocycles. The van der Waals surface area contributed by atoms with Gasteiger partial charge in [-0.3, -0.25) is 0 Å². The van der Waals surface area contributed by atoms with Gasteiger partial charge in [-0.25, -0.2) is 0 Å². The van der Waals surface area contributed by atoms with Crippen molar-refractivity contribution in [3.8, 4) is 17.6 Å². The van der Waals surface area contributed by atoms with Crippen LogP contribution in [-0.2, 0) is 0 Å². The first-order chi connectivity index (χ1) is 10.2. The molecule has 0 bridgehead atoms. The van der Waals surface area contributed by atoms with Crippen LogP contribution in [0.4, 0.5) is 0 Å². The lowest BCUT2D eigenvalue weighted by Gasteiger charge is -2.12. The van der Waals surface area contributed by atoms with Crippen LogP contribution in [0.3, 0.4) is 0 Å². The van der Waals surface area contributed by atoms with Crippen molar-refractivity contribution in [1.29, 1.82) is 0 Å². The molecule has 112 valence electrons. The Balaban J connectivity index is 1.60. The van der Waals surface area contributed by atoms with Crippen LogP contribution in [0.15, 0.2) is 28.7 Å². The minimum absolute atomic E-state index is 0.170. The maximum absolute atomic E-state index is 5.91. The fourth-order valence-corrected chi connectivity index (χ4v) is 2.38. The van der Waals surface area contributed by atoms with E-state index in [1.165, 1.54) is 12.8 Å². The molecule has 1 fully saturated rings. The second-order valence-corrected chi connectivity index (χ2v) is 5.66. The van der Waals surface area contributed by atoms with E-state index in [-0.39, 0.29) is 12.0 Å². The number of nitrogens with zero attached hydrogens (tertiary/aromatic N) is 2. The predicted molar refractivity (Wildman–Crippen MR) is 77.8 cm³/mol. The van der Waals surface area contributed by atoms with Crippen molar-refractivity contribution in [2.75, 3.05) is 0 Å². The van der Waals surface area contributed by atoms with Crippen LogP contribution in [0, 0.1) is 0 Å². The summed E-state index contributed by atoms with van der Waals surface area (Å²) < 4.78 is 16.9. The topological polar surface area (TPSA) is 57.4 Å². The molecule has 1 aromatic carbocycles. The van der Waals surface area contributed by atoms with E-state index >= 15 is 0 Å². The third-order valence-electron chi connectivity index (χ3n) is 3.55. The molecule has 0 atom stereocenters. The smallest absolute Gasteiger partial charge is 0.420 e. The standard InChI is InChI=1S/C16H20N2O3/c1-11(2)15-17-18-16(21-15)20-14-9-7-13(8-10-14)19-12-5-3-4-6-12/h7-12H,3-6H2,1-2H3. The monoisotopic (exact) mass is 288 g/mol. The zero-order chi connectivity index (χ0) is 14.7. The largest absolute Gasteiger partial charge is 0.490 e. The Hall–Kier alpha value is -2.04. The molecule has 3 rings (SSSR count). The van der Waals surface area contributed by atoms with Gasteiger partial charge in [-0.15, -0.1) is 5.10 Å². The highest BCUT2D eigenvalue weighted by atomic mass is 16.6. The number of hydrogen-bond acceptors (Lipinski definition) is 5. The molecule has 0 unspecified atom stereocenters. The first-order valence-electron chi connectivity index (χ1n) is 7.48. The van der Waals surface area contributed by atoms with E-state index in [2.05, 4.69) is 10.2 Å². The predicted octanol–water partition coefficient (Wildman–Crippen LogP) is 4.31. The van der Waals surface area contributed by atoms with Crippen molar-refractivity contribution >= 4 is 0 Å². The van der Waals surface area contributed by atoms with E-state index < -0.39 is 0 Å². The van der Waals surface area contributed by atoms with Gasteiger partial charge in [-0.2, -0.15) is 0 Å². The summed E-state index contributed by atoms with van der Waals surface area (Å²) in [7, 11) is 0. The second kappa shape index (κ2) is 6.16. The molecule has 0 radical (unpaired) electrons. The van der Waals surface area contributed by atoms with E-state index in [4.69, 9.17) is 13.9 Å². The Bertz CT molecular complexity index is 571. The molecule has 1 aliphatic carbocycles. The average Bonchev–Trinajstić information content (AvgIpc) is 3.12. The van der Waals surface area contributed by atoms with Gasteiger partial charge in [-0.05, 0) is 49.9 Å². The maximum Gasteiger partial charge on any atom is 0.420 e. The second-order valence-electron chi connectivity index (χ2n) is 5.66. The zero-order valence-electron chi connectivity index (χ0n) is 12.4. The summed E-state index contributed by atoms with van der Waals surface area (Å²) in [5, 5.41) is 7.80. The molecule has 1 aromatic heterocycles. The number of benzene rings is 1. The lowest BCUT2D eigenvalue weighted by atomic mass is 10.2. The quantitative estimate of drug-likeness (QED) is 0.820. The summed E-state index contributed by atoms with van der Waals surface area (Å²) in [6, 6.07) is 7.52. The third kappa shape index (κ3) is 3.54. The SMILES string of the molecule is CC(C)c1nnc(Oc2ccc(OC3CCCC3)cc2)o1. The number of ether oxygens (including phenoxy) is 2. The molecule has 0 spiro atoms. The molecule has 0 saturated heterocycles. The summed E-state index contributed by atoms with van der Waals surface area (Å²) in [5.41, 5.74) is 0. The molecular formula is C16H20N2O3. The molecule has 21 heavy (non-hydrogen) atoms. The molecule has 1 heterocycles. The normalized spacial score (nSPS) is 15.6. The highest BCUT2D eigenvalue weighted by molar-refractivity contribution is 5.32. The van der Waals surface area contributed by atoms with Crippen molar-refractivity contribution in [2.24, 2.45) is 0 Å². The van der Waals surface area contributed by atoms with Crippen LogP contribution >= 0.6 is 0 Å². The molecule has 1 saturated carbocycles. The maximum atomic E-state index is 5.91. The van der Waals surface area contributed by atoms with Crippen molar-refractivity contribution in [1.82, 2.24) is 10.2 Å². The van der Waals surface area contributed by atoms with Crippen molar-refractivity contribution in [3.63, 3.8) is 0 Å². The van der Waals surface area contributed by atoms with Gasteiger partial charge in [0.05, 0.1) is 6.10 Å². The Morgan fingerprint density at radius 2 is 1.71 bits per heavy atom. The first-order valence-corrected chi connectivity index (χ1v) is 7.48. The molecule has 0 N–H and O–H groups in total. The Morgan fingerprint density at radius 1 is 1.05 bits per heavy atom. The van der Waals surface area contributed by atoms with Gasteiger partial charge in [0.25, 0.3) is 0 Å². The Kier molecular flexibility index (Phi) is 4.08. The molecule has 5 nitrogen and oxygen atoms in total. The van der Waals surface area contributed by atoms with Crippen LogP contribution in [0.5, 0.6) is 17.6 Å². The van der Waals surface area contributed by atoms with E-state index in [0.717, 1.165) is 18.6 Å². The van der Waals surface area contributed by atoms with Gasteiger partial charge >= 0.3 is 6.08 Å². The average molecular weight is 288 g/mol. The van der Waals surface area contributed by atoms with Crippen LogP contribution in [-0.4, -0.2) is 16.3 Å². The van der Waals surface area contributed by atoms with Gasteiger partial charge < -0.3 is 13.9 Å². The van der Waals surface area contributed by atoms with E-state index in [1.54, 1.807) is 0 Å². The summed E-state index contributed by atoms with van der Waals surface area (Å²) in [4.78, 5) is 0. The molecule has 1 aliphatic rings. The van der Waals surface area contributed by atoms with Crippen LogP contribution < -0.4 is 9.47 Å². The van der Waals surface area contributed by atoms with Crippen LogP contribution in [0.25, 0.3) is 0 Å². The molecule has 0 amide bonds. The summed E-state index contributed by atoms with van der Waals surface area (Å²) in [6.07, 6.45) is 5.36. The molecule has 2 aromatic rings. The zero-order valence-corrected chi connectivity index (χ0v) is 12.4. The summed E-state index contributed by atoms with van der Waals surface area (Å²) >= 11 is 0. The lowest BCUT2D eigenvalue weighted by molar-refractivity contribution is 0.209. The Labute approximate surface area is 124 Å². The number of aromatic nitrogens is 2. The summed E-state index contributed by atoms with van der Waals surface area (Å²) in [5.74, 6) is 2.30. The lowest BCUT2D eigenvalue weighted by Crippen LogP contribution is -2.10. The number of rotatable bonds is 5. The highest BCUT2D eigenvalue weighted by Crippen LogP contribution is 2.27. The minimum Gasteiger partial charge on any atom is -0.490 e. The van der Waals surface area contributed by atoms with Crippen molar-refractivity contribution < 1.29 is 13.9 Å². The van der Waals surface area contributed by atoms with E-state index in [1.807, 2.05) is 38.1 Å². The molecule has 5 heteroatoms. The van der Waals surface area contributed by atoms with Crippen molar-refractivity contribution in [3.05, 3.63) is 30.2 Å². The summed E-state index contributed by atoms with van der Waals surface area (Å²) in [6.45, 7) is 3.99. The third-order valence-corrected chi connectivity index (χ3v) is 3.55. The number of hydrogen-bond donors (Lipinski definition) is 0. The van der Waals surface area contributed by atoms with Gasteiger partial charge in [0.2, 0.25) is 5.89 Å². The first kappa shape index (κ1) is 13.9. The molecular weight excluding hydrogens is 268 g/mol. The van der Waals surface area contributed by atoms with Gasteiger partial charge in [-0.1, -0.05) is 18.9 Å². The van der Waals surface area contributed by atoms with Gasteiger partial charge in [0, 0.05) is 5.92 Å². The van der Waals surface area contributed by atoms with Crippen LogP contribution in [0.2, 0.25) is 0 Å². The Morgan fingerprint density at radius 3 is 2.33 bits per heavy atom. The van der Waals surface area contributed by atoms with Gasteiger partial charge in [0.1, 0.15) is 11.5 Å². The van der Waals surface area contributed by atoms with Crippen molar-refractivity contribution in [2.45, 2.75) is 51.6 Å². The van der Waals surface area contributed by atoms with E-state index in [9.17, 15) is 0 Å². The fraction of sp³-hybridized carbons (Fsp3) is 0.500.